The minimum absolute atomic E-state index is 0.0697. The van der Waals surface area contributed by atoms with Crippen molar-refractivity contribution in [2.24, 2.45) is 0 Å². The number of hydrogen-bond donors (Lipinski definition) is 0. The van der Waals surface area contributed by atoms with E-state index in [9.17, 15) is 18.0 Å². The molecule has 0 spiro atoms. The lowest BCUT2D eigenvalue weighted by Gasteiger charge is -2.13. The van der Waals surface area contributed by atoms with Crippen molar-refractivity contribution in [3.8, 4) is 5.75 Å². The molecule has 1 heterocycles. The van der Waals surface area contributed by atoms with Crippen LogP contribution in [0.15, 0.2) is 6.20 Å². The smallest absolute Gasteiger partial charge is 0.310 e. The van der Waals surface area contributed by atoms with E-state index in [0.29, 0.717) is 0 Å². The van der Waals surface area contributed by atoms with Crippen LogP contribution in [0.5, 0.6) is 5.75 Å². The van der Waals surface area contributed by atoms with Crippen molar-refractivity contribution in [2.45, 2.75) is 19.8 Å². The van der Waals surface area contributed by atoms with Gasteiger partial charge in [-0.2, -0.15) is 4.39 Å². The van der Waals surface area contributed by atoms with Crippen LogP contribution in [0.4, 0.5) is 13.2 Å². The van der Waals surface area contributed by atoms with Crippen molar-refractivity contribution in [1.29, 1.82) is 0 Å². The minimum atomic E-state index is -3.09. The Morgan fingerprint density at radius 3 is 2.67 bits per heavy atom. The van der Waals surface area contributed by atoms with Crippen LogP contribution in [-0.4, -0.2) is 24.7 Å². The third kappa shape index (κ3) is 3.12. The van der Waals surface area contributed by atoms with Crippen molar-refractivity contribution in [1.82, 2.24) is 4.98 Å². The molecule has 1 rings (SSSR count). The Labute approximate surface area is 102 Å². The number of ether oxygens (including phenoxy) is 2. The summed E-state index contributed by atoms with van der Waals surface area (Å²) in [6, 6.07) is 0. The van der Waals surface area contributed by atoms with Gasteiger partial charge in [-0.3, -0.25) is 4.79 Å². The zero-order chi connectivity index (χ0) is 13.7. The molecule has 0 bridgehead atoms. The number of halogens is 3. The molecule has 0 saturated carbocycles. The molecule has 0 aromatic carbocycles. The molecule has 0 aliphatic carbocycles. The summed E-state index contributed by atoms with van der Waals surface area (Å²) in [6.45, 7) is 1.69. The van der Waals surface area contributed by atoms with E-state index >= 15 is 0 Å². The van der Waals surface area contributed by atoms with E-state index in [-0.39, 0.29) is 17.9 Å². The predicted molar refractivity (Wildman–Crippen MR) is 56.0 cm³/mol. The fourth-order valence-electron chi connectivity index (χ4n) is 1.46. The van der Waals surface area contributed by atoms with Gasteiger partial charge >= 0.3 is 5.97 Å². The highest BCUT2D eigenvalue weighted by molar-refractivity contribution is 5.74. The van der Waals surface area contributed by atoms with E-state index in [1.807, 2.05) is 0 Å². The van der Waals surface area contributed by atoms with Crippen LogP contribution in [-0.2, 0) is 16.0 Å². The zero-order valence-corrected chi connectivity index (χ0v) is 9.87. The van der Waals surface area contributed by atoms with E-state index in [4.69, 9.17) is 4.74 Å². The summed E-state index contributed by atoms with van der Waals surface area (Å²) in [5, 5.41) is 0. The fraction of sp³-hybridized carbons (Fsp3) is 0.455. The van der Waals surface area contributed by atoms with Gasteiger partial charge in [0.25, 0.3) is 6.43 Å². The highest BCUT2D eigenvalue weighted by Gasteiger charge is 2.25. The molecular weight excluding hydrogens is 251 g/mol. The highest BCUT2D eigenvalue weighted by atomic mass is 19.3. The molecule has 100 valence electrons. The van der Waals surface area contributed by atoms with Gasteiger partial charge in [-0.05, 0) is 6.92 Å². The lowest BCUT2D eigenvalue weighted by atomic mass is 10.1. The maximum atomic E-state index is 13.3. The van der Waals surface area contributed by atoms with E-state index in [2.05, 4.69) is 9.72 Å². The predicted octanol–water partition coefficient (Wildman–Crippen LogP) is 2.27. The minimum Gasteiger partial charge on any atom is -0.495 e. The second-order valence-corrected chi connectivity index (χ2v) is 3.29. The topological polar surface area (TPSA) is 48.4 Å². The van der Waals surface area contributed by atoms with Crippen molar-refractivity contribution < 1.29 is 27.4 Å². The van der Waals surface area contributed by atoms with Crippen LogP contribution >= 0.6 is 0 Å². The molecule has 0 aliphatic heterocycles. The molecule has 0 atom stereocenters. The molecule has 0 unspecified atom stereocenters. The van der Waals surface area contributed by atoms with Crippen molar-refractivity contribution in [2.75, 3.05) is 13.7 Å². The molecule has 4 nitrogen and oxygen atoms in total. The van der Waals surface area contributed by atoms with Gasteiger partial charge in [-0.25, -0.2) is 13.8 Å². The van der Waals surface area contributed by atoms with E-state index in [0.717, 1.165) is 6.20 Å². The summed E-state index contributed by atoms with van der Waals surface area (Å²) in [5.41, 5.74) is -1.17. The number of esters is 1. The van der Waals surface area contributed by atoms with Crippen LogP contribution in [0.25, 0.3) is 0 Å². The largest absolute Gasteiger partial charge is 0.495 e. The number of rotatable bonds is 5. The molecular formula is C11H12F3NO3. The standard InChI is InChI=1S/C11H12F3NO3/c1-3-18-8(16)4-6-7(17-2)5-15-11(14)9(6)10(12)13/h5,10H,3-4H2,1-2H3. The number of pyridine rings is 1. The summed E-state index contributed by atoms with van der Waals surface area (Å²) in [5.74, 6) is -2.12. The molecule has 18 heavy (non-hydrogen) atoms. The molecule has 0 saturated heterocycles. The van der Waals surface area contributed by atoms with Crippen LogP contribution in [0.3, 0.4) is 0 Å². The molecule has 0 aliphatic rings. The first kappa shape index (κ1) is 14.3. The van der Waals surface area contributed by atoms with Gasteiger partial charge in [-0.1, -0.05) is 0 Å². The van der Waals surface area contributed by atoms with Crippen molar-refractivity contribution in [3.05, 3.63) is 23.3 Å². The molecule has 0 N–H and O–H groups in total. The summed E-state index contributed by atoms with van der Waals surface area (Å²) in [4.78, 5) is 14.5. The maximum absolute atomic E-state index is 13.3. The van der Waals surface area contributed by atoms with Crippen LogP contribution < -0.4 is 4.74 Å². The average molecular weight is 263 g/mol. The van der Waals surface area contributed by atoms with Gasteiger partial charge in [0, 0.05) is 5.56 Å². The number of hydrogen-bond acceptors (Lipinski definition) is 4. The van der Waals surface area contributed by atoms with Crippen molar-refractivity contribution in [3.63, 3.8) is 0 Å². The normalized spacial score (nSPS) is 10.6. The number of nitrogens with zero attached hydrogens (tertiary/aromatic N) is 1. The number of alkyl halides is 2. The maximum Gasteiger partial charge on any atom is 0.310 e. The SMILES string of the molecule is CCOC(=O)Cc1c(OC)cnc(F)c1C(F)F. The third-order valence-electron chi connectivity index (χ3n) is 2.20. The van der Waals surface area contributed by atoms with E-state index in [1.165, 1.54) is 7.11 Å². The number of carbonyl (C=O) groups is 1. The van der Waals surface area contributed by atoms with Gasteiger partial charge in [0.15, 0.2) is 0 Å². The Bertz CT molecular complexity index is 438. The van der Waals surface area contributed by atoms with Gasteiger partial charge in [0.2, 0.25) is 5.95 Å². The Hall–Kier alpha value is -1.79. The van der Waals surface area contributed by atoms with Crippen LogP contribution in [0, 0.1) is 5.95 Å². The lowest BCUT2D eigenvalue weighted by molar-refractivity contribution is -0.142. The second kappa shape index (κ2) is 6.23. The Kier molecular flexibility index (Phi) is 4.94. The molecule has 0 radical (unpaired) electrons. The fourth-order valence-corrected chi connectivity index (χ4v) is 1.46. The van der Waals surface area contributed by atoms with Crippen LogP contribution in [0.1, 0.15) is 24.5 Å². The van der Waals surface area contributed by atoms with Crippen LogP contribution in [0.2, 0.25) is 0 Å². The van der Waals surface area contributed by atoms with E-state index in [1.54, 1.807) is 6.92 Å². The van der Waals surface area contributed by atoms with Gasteiger partial charge < -0.3 is 9.47 Å². The Morgan fingerprint density at radius 2 is 2.17 bits per heavy atom. The molecule has 0 fully saturated rings. The third-order valence-corrected chi connectivity index (χ3v) is 2.20. The Morgan fingerprint density at radius 1 is 1.50 bits per heavy atom. The lowest BCUT2D eigenvalue weighted by Crippen LogP contribution is -2.12. The van der Waals surface area contributed by atoms with Gasteiger partial charge in [-0.15, -0.1) is 0 Å². The first-order chi connectivity index (χ1) is 8.51. The van der Waals surface area contributed by atoms with Gasteiger partial charge in [0.05, 0.1) is 31.9 Å². The quantitative estimate of drug-likeness (QED) is 0.604. The Balaban J connectivity index is 3.19. The first-order valence-electron chi connectivity index (χ1n) is 5.16. The van der Waals surface area contributed by atoms with Gasteiger partial charge in [0.1, 0.15) is 5.75 Å². The molecule has 1 aromatic heterocycles. The summed E-state index contributed by atoms with van der Waals surface area (Å²) >= 11 is 0. The van der Waals surface area contributed by atoms with Crippen molar-refractivity contribution >= 4 is 5.97 Å². The molecule has 1 aromatic rings. The number of aromatic nitrogens is 1. The number of methoxy groups -OCH3 is 1. The zero-order valence-electron chi connectivity index (χ0n) is 9.87. The first-order valence-corrected chi connectivity index (χ1v) is 5.16. The average Bonchev–Trinajstić information content (AvgIpc) is 2.29. The molecule has 7 heteroatoms. The number of carbonyl (C=O) groups excluding carboxylic acids is 1. The van der Waals surface area contributed by atoms with E-state index < -0.39 is 30.3 Å². The summed E-state index contributed by atoms with van der Waals surface area (Å²) in [6.07, 6.45) is -2.62. The highest BCUT2D eigenvalue weighted by Crippen LogP contribution is 2.31. The summed E-state index contributed by atoms with van der Waals surface area (Å²) < 4.78 is 48.2. The second-order valence-electron chi connectivity index (χ2n) is 3.29. The monoisotopic (exact) mass is 263 g/mol. The molecule has 0 amide bonds. The summed E-state index contributed by atoms with van der Waals surface area (Å²) in [7, 11) is 1.22.